The van der Waals surface area contributed by atoms with Crippen molar-refractivity contribution in [3.05, 3.63) is 64.7 Å². The first-order valence-electron chi connectivity index (χ1n) is 12.7. The van der Waals surface area contributed by atoms with Gasteiger partial charge in [0.05, 0.1) is 11.1 Å². The molecule has 2 atom stereocenters. The normalized spacial score (nSPS) is 22.4. The van der Waals surface area contributed by atoms with Crippen LogP contribution in [0.5, 0.6) is 5.75 Å². The van der Waals surface area contributed by atoms with E-state index >= 15 is 0 Å². The van der Waals surface area contributed by atoms with Crippen molar-refractivity contribution in [3.63, 3.8) is 0 Å². The molecule has 0 unspecified atom stereocenters. The topological polar surface area (TPSA) is 47.0 Å². The maximum absolute atomic E-state index is 13.1. The Balaban J connectivity index is 1.36. The summed E-state index contributed by atoms with van der Waals surface area (Å²) < 4.78 is 38.8. The van der Waals surface area contributed by atoms with E-state index in [9.17, 15) is 23.1 Å². The molecule has 4 rings (SSSR count). The van der Waals surface area contributed by atoms with E-state index in [-0.39, 0.29) is 29.3 Å². The molecular formula is C28H36F3N3O2. The van der Waals surface area contributed by atoms with Crippen molar-refractivity contribution >= 4 is 5.91 Å². The number of nitrogens with zero attached hydrogens (tertiary/aromatic N) is 3. The zero-order valence-corrected chi connectivity index (χ0v) is 21.5. The van der Waals surface area contributed by atoms with E-state index in [0.29, 0.717) is 18.7 Å². The van der Waals surface area contributed by atoms with E-state index in [2.05, 4.69) is 30.6 Å². The summed E-state index contributed by atoms with van der Waals surface area (Å²) in [7, 11) is 0. The van der Waals surface area contributed by atoms with E-state index in [4.69, 9.17) is 0 Å². The Labute approximate surface area is 211 Å². The van der Waals surface area contributed by atoms with Crippen LogP contribution in [0.15, 0.2) is 42.5 Å². The molecule has 0 aliphatic carbocycles. The van der Waals surface area contributed by atoms with Gasteiger partial charge in [-0.2, -0.15) is 13.2 Å². The number of piperazine rings is 1. The fourth-order valence-corrected chi connectivity index (χ4v) is 5.78. The summed E-state index contributed by atoms with van der Waals surface area (Å²) in [5.74, 6) is -0.0864. The lowest BCUT2D eigenvalue weighted by Crippen LogP contribution is -2.62. The summed E-state index contributed by atoms with van der Waals surface area (Å²) >= 11 is 0. The van der Waals surface area contributed by atoms with Crippen LogP contribution in [0.4, 0.5) is 13.2 Å². The molecule has 0 radical (unpaired) electrons. The molecule has 5 nitrogen and oxygen atoms in total. The maximum atomic E-state index is 13.1. The second-order valence-corrected chi connectivity index (χ2v) is 10.6. The van der Waals surface area contributed by atoms with Crippen LogP contribution in [0, 0.1) is 6.92 Å². The average molecular weight is 504 g/mol. The number of aryl methyl sites for hydroxylation is 1. The molecule has 1 amide bonds. The Morgan fingerprint density at radius 2 is 1.69 bits per heavy atom. The highest BCUT2D eigenvalue weighted by Crippen LogP contribution is 2.35. The predicted molar refractivity (Wildman–Crippen MR) is 134 cm³/mol. The van der Waals surface area contributed by atoms with Crippen molar-refractivity contribution in [1.82, 2.24) is 14.7 Å². The molecule has 8 heteroatoms. The summed E-state index contributed by atoms with van der Waals surface area (Å²) in [4.78, 5) is 19.8. The van der Waals surface area contributed by atoms with Gasteiger partial charge in [0.2, 0.25) is 0 Å². The number of carbonyl (C=O) groups excluding carboxylic acids is 1. The lowest BCUT2D eigenvalue weighted by Gasteiger charge is -2.52. The maximum Gasteiger partial charge on any atom is 0.416 e. The Morgan fingerprint density at radius 3 is 2.25 bits per heavy atom. The van der Waals surface area contributed by atoms with Crippen molar-refractivity contribution in [2.45, 2.75) is 64.3 Å². The van der Waals surface area contributed by atoms with Crippen LogP contribution in [0.25, 0.3) is 0 Å². The number of piperidine rings is 1. The van der Waals surface area contributed by atoms with Gasteiger partial charge in [0.1, 0.15) is 5.75 Å². The van der Waals surface area contributed by atoms with Crippen LogP contribution in [0.3, 0.4) is 0 Å². The monoisotopic (exact) mass is 503 g/mol. The van der Waals surface area contributed by atoms with Crippen LogP contribution in [0.2, 0.25) is 0 Å². The number of alkyl halides is 3. The van der Waals surface area contributed by atoms with Gasteiger partial charge in [0.15, 0.2) is 0 Å². The molecule has 0 bridgehead atoms. The first-order valence-corrected chi connectivity index (χ1v) is 12.7. The highest BCUT2D eigenvalue weighted by Gasteiger charge is 2.41. The number of halogens is 3. The minimum absolute atomic E-state index is 0.0253. The number of hydrogen-bond acceptors (Lipinski definition) is 4. The number of benzene rings is 2. The quantitative estimate of drug-likeness (QED) is 0.600. The standard InChI is InChI=1S/C28H36F3N3O2/c1-19-6-5-7-24(35)25(19)26(36)32-14-12-27(4,13-15-32)33-16-17-34(20(2)18-33)21(3)22-8-10-23(11-9-22)28(29,30)31/h5-11,20-21,35H,12-18H2,1-4H3/t20-,21-/m0/s1. The second kappa shape index (κ2) is 10.1. The second-order valence-electron chi connectivity index (χ2n) is 10.6. The average Bonchev–Trinajstić information content (AvgIpc) is 2.83. The molecule has 2 heterocycles. The van der Waals surface area contributed by atoms with Crippen molar-refractivity contribution in [2.75, 3.05) is 32.7 Å². The number of phenolic OH excluding ortho intramolecular Hbond substituents is 1. The number of carbonyl (C=O) groups is 1. The van der Waals surface area contributed by atoms with Crippen molar-refractivity contribution in [3.8, 4) is 5.75 Å². The van der Waals surface area contributed by atoms with Gasteiger partial charge in [-0.3, -0.25) is 14.6 Å². The number of amides is 1. The molecular weight excluding hydrogens is 467 g/mol. The van der Waals surface area contributed by atoms with Crippen LogP contribution in [-0.4, -0.2) is 70.0 Å². The fraction of sp³-hybridized carbons (Fsp3) is 0.536. The Morgan fingerprint density at radius 1 is 1.06 bits per heavy atom. The van der Waals surface area contributed by atoms with E-state index in [1.165, 1.54) is 12.1 Å². The van der Waals surface area contributed by atoms with Gasteiger partial charge in [-0.25, -0.2) is 0 Å². The zero-order chi connectivity index (χ0) is 26.3. The molecule has 2 aromatic rings. The largest absolute Gasteiger partial charge is 0.507 e. The number of hydrogen-bond donors (Lipinski definition) is 1. The molecule has 1 N–H and O–H groups in total. The number of likely N-dealkylation sites (tertiary alicyclic amines) is 1. The minimum atomic E-state index is -4.32. The van der Waals surface area contributed by atoms with E-state index in [0.717, 1.165) is 43.6 Å². The summed E-state index contributed by atoms with van der Waals surface area (Å²) in [6.07, 6.45) is -2.62. The summed E-state index contributed by atoms with van der Waals surface area (Å²) in [6.45, 7) is 12.2. The Kier molecular flexibility index (Phi) is 7.40. The van der Waals surface area contributed by atoms with Crippen molar-refractivity contribution in [1.29, 1.82) is 0 Å². The van der Waals surface area contributed by atoms with Gasteiger partial charge in [-0.1, -0.05) is 24.3 Å². The van der Waals surface area contributed by atoms with Gasteiger partial charge in [-0.15, -0.1) is 0 Å². The van der Waals surface area contributed by atoms with Crippen LogP contribution in [-0.2, 0) is 6.18 Å². The smallest absolute Gasteiger partial charge is 0.416 e. The van der Waals surface area contributed by atoms with E-state index < -0.39 is 11.7 Å². The summed E-state index contributed by atoms with van der Waals surface area (Å²) in [5.41, 5.74) is 1.41. The predicted octanol–water partition coefficient (Wildman–Crippen LogP) is 5.48. The summed E-state index contributed by atoms with van der Waals surface area (Å²) in [5, 5.41) is 10.2. The number of phenols is 1. The Bertz CT molecular complexity index is 1060. The first-order chi connectivity index (χ1) is 16.9. The third kappa shape index (κ3) is 5.25. The highest BCUT2D eigenvalue weighted by molar-refractivity contribution is 5.98. The van der Waals surface area contributed by atoms with E-state index in [1.807, 2.05) is 17.9 Å². The zero-order valence-electron chi connectivity index (χ0n) is 21.5. The van der Waals surface area contributed by atoms with Gasteiger partial charge in [0.25, 0.3) is 5.91 Å². The summed E-state index contributed by atoms with van der Waals surface area (Å²) in [6, 6.07) is 10.9. The fourth-order valence-electron chi connectivity index (χ4n) is 5.78. The molecule has 2 aliphatic heterocycles. The number of rotatable bonds is 4. The third-order valence-electron chi connectivity index (χ3n) is 8.25. The molecule has 2 fully saturated rings. The van der Waals surface area contributed by atoms with Gasteiger partial charge in [0, 0.05) is 50.3 Å². The SMILES string of the molecule is Cc1cccc(O)c1C(=O)N1CCC(C)(N2CCN([C@@H](C)c3ccc(C(F)(F)F)cc3)[C@@H](C)C2)CC1. The van der Waals surface area contributed by atoms with E-state index in [1.54, 1.807) is 24.3 Å². The Hall–Kier alpha value is -2.58. The van der Waals surface area contributed by atoms with Crippen LogP contribution < -0.4 is 0 Å². The molecule has 0 spiro atoms. The third-order valence-corrected chi connectivity index (χ3v) is 8.25. The molecule has 2 saturated heterocycles. The van der Waals surface area contributed by atoms with Crippen molar-refractivity contribution < 1.29 is 23.1 Å². The van der Waals surface area contributed by atoms with Crippen LogP contribution in [0.1, 0.15) is 66.7 Å². The van der Waals surface area contributed by atoms with Gasteiger partial charge in [-0.05, 0) is 69.9 Å². The number of aromatic hydroxyl groups is 1. The van der Waals surface area contributed by atoms with Crippen LogP contribution >= 0.6 is 0 Å². The molecule has 196 valence electrons. The molecule has 0 aromatic heterocycles. The molecule has 2 aromatic carbocycles. The first kappa shape index (κ1) is 26.5. The molecule has 0 saturated carbocycles. The highest BCUT2D eigenvalue weighted by atomic mass is 19.4. The minimum Gasteiger partial charge on any atom is -0.507 e. The lowest BCUT2D eigenvalue weighted by molar-refractivity contribution is -0.137. The lowest BCUT2D eigenvalue weighted by atomic mass is 9.86. The van der Waals surface area contributed by atoms with Gasteiger partial charge < -0.3 is 10.0 Å². The van der Waals surface area contributed by atoms with Gasteiger partial charge >= 0.3 is 6.18 Å². The molecule has 2 aliphatic rings. The van der Waals surface area contributed by atoms with Crippen molar-refractivity contribution in [2.24, 2.45) is 0 Å². The molecule has 36 heavy (non-hydrogen) atoms.